The number of rotatable bonds is 3. The molecule has 3 N–H and O–H groups in total. The number of morpholine rings is 1. The number of ether oxygens (including phenoxy) is 1. The summed E-state index contributed by atoms with van der Waals surface area (Å²) in [5.74, 6) is -0.653. The smallest absolute Gasteiger partial charge is 0.370 e. The van der Waals surface area contributed by atoms with E-state index >= 15 is 0 Å². The molecule has 0 unspecified atom stereocenters. The van der Waals surface area contributed by atoms with Gasteiger partial charge in [0.25, 0.3) is 11.8 Å². The van der Waals surface area contributed by atoms with Crippen LogP contribution < -0.4 is 10.5 Å². The highest BCUT2D eigenvalue weighted by molar-refractivity contribution is 8.24. The van der Waals surface area contributed by atoms with Gasteiger partial charge < -0.3 is 19.2 Å². The van der Waals surface area contributed by atoms with Gasteiger partial charge in [-0.2, -0.15) is 28.8 Å². The number of fused-ring (bicyclic) bond motifs is 1. The molecule has 3 aromatic rings. The molecule has 0 atom stereocenters. The second kappa shape index (κ2) is 9.63. The molecule has 2 fully saturated rings. The first kappa shape index (κ1) is 25.5. The SMILES string of the molecule is O=C(/N=c1\[nH]c2cc(N3CCOCC3=O)ccc2n1C1CCS(O)(O)CC1)c1cccc(C(F)(F)F)c1. The zero-order chi connectivity index (χ0) is 26.4. The number of benzene rings is 2. The summed E-state index contributed by atoms with van der Waals surface area (Å²) in [6.07, 6.45) is -3.76. The van der Waals surface area contributed by atoms with Gasteiger partial charge in [0.05, 0.1) is 23.2 Å². The van der Waals surface area contributed by atoms with Crippen molar-refractivity contribution in [3.05, 3.63) is 59.2 Å². The maximum Gasteiger partial charge on any atom is 0.416 e. The third-order valence-electron chi connectivity index (χ3n) is 6.58. The van der Waals surface area contributed by atoms with E-state index in [-0.39, 0.29) is 41.2 Å². The van der Waals surface area contributed by atoms with Crippen LogP contribution >= 0.6 is 10.6 Å². The summed E-state index contributed by atoms with van der Waals surface area (Å²) in [5, 5.41) is 0. The van der Waals surface area contributed by atoms with E-state index in [9.17, 15) is 31.9 Å². The quantitative estimate of drug-likeness (QED) is 0.462. The number of nitrogens with one attached hydrogen (secondary N) is 1. The molecule has 2 saturated heterocycles. The molecule has 0 bridgehead atoms. The third kappa shape index (κ3) is 5.30. The molecule has 0 saturated carbocycles. The van der Waals surface area contributed by atoms with Crippen LogP contribution in [0, 0.1) is 0 Å². The van der Waals surface area contributed by atoms with E-state index in [0.29, 0.717) is 42.7 Å². The maximum atomic E-state index is 13.2. The average Bonchev–Trinajstić information content (AvgIpc) is 3.21. The molecule has 3 heterocycles. The summed E-state index contributed by atoms with van der Waals surface area (Å²) in [4.78, 5) is 34.1. The summed E-state index contributed by atoms with van der Waals surface area (Å²) in [6.45, 7) is 0.759. The van der Waals surface area contributed by atoms with Crippen molar-refractivity contribution in [3.8, 4) is 0 Å². The zero-order valence-corrected chi connectivity index (χ0v) is 20.4. The van der Waals surface area contributed by atoms with Crippen molar-refractivity contribution in [2.45, 2.75) is 25.1 Å². The lowest BCUT2D eigenvalue weighted by Gasteiger charge is -2.39. The topological polar surface area (TPSA) is 120 Å². The normalized spacial score (nSPS) is 20.4. The Bertz CT molecular complexity index is 1420. The maximum absolute atomic E-state index is 13.2. The summed E-state index contributed by atoms with van der Waals surface area (Å²) in [7, 11) is -2.67. The van der Waals surface area contributed by atoms with E-state index in [4.69, 9.17) is 4.74 Å². The van der Waals surface area contributed by atoms with Crippen LogP contribution in [0.1, 0.15) is 34.8 Å². The molecule has 2 aliphatic rings. The highest BCUT2D eigenvalue weighted by atomic mass is 32.3. The number of carbonyl (C=O) groups is 2. The molecule has 2 amide bonds. The zero-order valence-electron chi connectivity index (χ0n) is 19.6. The van der Waals surface area contributed by atoms with Crippen LogP contribution in [0.15, 0.2) is 47.5 Å². The van der Waals surface area contributed by atoms with E-state index in [0.717, 1.165) is 18.2 Å². The van der Waals surface area contributed by atoms with Crippen LogP contribution in [-0.2, 0) is 15.7 Å². The first-order chi connectivity index (χ1) is 17.5. The van der Waals surface area contributed by atoms with Gasteiger partial charge in [-0.1, -0.05) is 6.07 Å². The standard InChI is InChI=1S/C24H25F3N4O5S/c25-24(26,27)16-3-1-2-15(12-16)22(33)29-23-28-19-13-18(30-8-9-36-14-21(30)32)4-5-20(19)31(23)17-6-10-37(34,35)11-7-17/h1-5,12-13,17,34-35H,6-11,14H2,(H,28,29,33). The number of anilines is 1. The number of aromatic amines is 1. The number of nitrogens with zero attached hydrogens (tertiary/aromatic N) is 3. The number of carbonyl (C=O) groups excluding carboxylic acids is 2. The van der Waals surface area contributed by atoms with Gasteiger partial charge in [-0.05, 0) is 49.2 Å². The Kier molecular flexibility index (Phi) is 6.64. The van der Waals surface area contributed by atoms with Gasteiger partial charge in [0, 0.05) is 35.3 Å². The Hall–Kier alpha value is -3.13. The molecule has 0 radical (unpaired) electrons. The van der Waals surface area contributed by atoms with Gasteiger partial charge in [0.15, 0.2) is 0 Å². The van der Waals surface area contributed by atoms with Crippen LogP contribution in [-0.4, -0.2) is 61.7 Å². The van der Waals surface area contributed by atoms with E-state index in [1.165, 1.54) is 6.07 Å². The van der Waals surface area contributed by atoms with Crippen molar-refractivity contribution < 1.29 is 36.6 Å². The Labute approximate surface area is 210 Å². The van der Waals surface area contributed by atoms with Crippen LogP contribution in [0.2, 0.25) is 0 Å². The Balaban J connectivity index is 1.59. The number of H-pyrrole nitrogens is 1. The number of halogens is 3. The van der Waals surface area contributed by atoms with Crippen molar-refractivity contribution in [2.24, 2.45) is 4.99 Å². The predicted molar refractivity (Wildman–Crippen MR) is 132 cm³/mol. The summed E-state index contributed by atoms with van der Waals surface area (Å²) in [5.41, 5.74) is 0.842. The Morgan fingerprint density at radius 1 is 1.14 bits per heavy atom. The van der Waals surface area contributed by atoms with Crippen LogP contribution in [0.25, 0.3) is 11.0 Å². The number of aromatic nitrogens is 2. The monoisotopic (exact) mass is 538 g/mol. The molecule has 37 heavy (non-hydrogen) atoms. The molecular weight excluding hydrogens is 513 g/mol. The fourth-order valence-corrected chi connectivity index (χ4v) is 6.19. The van der Waals surface area contributed by atoms with Crippen molar-refractivity contribution in [1.29, 1.82) is 0 Å². The number of hydrogen-bond acceptors (Lipinski definition) is 5. The molecular formula is C24H25F3N4O5S. The van der Waals surface area contributed by atoms with Crippen molar-refractivity contribution >= 4 is 39.1 Å². The van der Waals surface area contributed by atoms with Gasteiger partial charge in [-0.15, -0.1) is 0 Å². The second-order valence-corrected chi connectivity index (χ2v) is 11.5. The lowest BCUT2D eigenvalue weighted by molar-refractivity contribution is -0.137. The summed E-state index contributed by atoms with van der Waals surface area (Å²) < 4.78 is 66.6. The van der Waals surface area contributed by atoms with Crippen molar-refractivity contribution in [2.75, 3.05) is 36.2 Å². The van der Waals surface area contributed by atoms with Crippen LogP contribution in [0.5, 0.6) is 0 Å². The molecule has 0 aliphatic carbocycles. The van der Waals surface area contributed by atoms with Gasteiger partial charge in [-0.25, -0.2) is 0 Å². The van der Waals surface area contributed by atoms with Gasteiger partial charge in [0.1, 0.15) is 6.61 Å². The van der Waals surface area contributed by atoms with E-state index in [2.05, 4.69) is 9.98 Å². The van der Waals surface area contributed by atoms with E-state index in [1.807, 2.05) is 0 Å². The molecule has 9 nitrogen and oxygen atoms in total. The lowest BCUT2D eigenvalue weighted by Crippen LogP contribution is -2.41. The van der Waals surface area contributed by atoms with Gasteiger partial charge in [0.2, 0.25) is 5.62 Å². The van der Waals surface area contributed by atoms with Crippen LogP contribution in [0.3, 0.4) is 0 Å². The highest BCUT2D eigenvalue weighted by Crippen LogP contribution is 2.47. The number of alkyl halides is 3. The van der Waals surface area contributed by atoms with E-state index < -0.39 is 28.2 Å². The molecule has 0 spiro atoms. The lowest BCUT2D eigenvalue weighted by atomic mass is 10.1. The molecule has 13 heteroatoms. The number of hydrogen-bond donors (Lipinski definition) is 3. The van der Waals surface area contributed by atoms with E-state index in [1.54, 1.807) is 27.7 Å². The molecule has 5 rings (SSSR count). The fraction of sp³-hybridized carbons (Fsp3) is 0.375. The predicted octanol–water partition coefficient (Wildman–Crippen LogP) is 4.18. The second-order valence-electron chi connectivity index (χ2n) is 9.06. The van der Waals surface area contributed by atoms with Gasteiger partial charge >= 0.3 is 6.18 Å². The highest BCUT2D eigenvalue weighted by Gasteiger charge is 2.31. The minimum atomic E-state index is -4.60. The summed E-state index contributed by atoms with van der Waals surface area (Å²) in [6, 6.07) is 9.15. The molecule has 198 valence electrons. The molecule has 2 aromatic carbocycles. The molecule has 1 aromatic heterocycles. The Morgan fingerprint density at radius 2 is 1.89 bits per heavy atom. The van der Waals surface area contributed by atoms with Crippen LogP contribution in [0.4, 0.5) is 18.9 Å². The fourth-order valence-electron chi connectivity index (χ4n) is 4.68. The first-order valence-electron chi connectivity index (χ1n) is 11.6. The van der Waals surface area contributed by atoms with Gasteiger partial charge in [-0.3, -0.25) is 18.7 Å². The average molecular weight is 539 g/mol. The van der Waals surface area contributed by atoms with Crippen molar-refractivity contribution in [3.63, 3.8) is 0 Å². The minimum Gasteiger partial charge on any atom is -0.370 e. The third-order valence-corrected chi connectivity index (χ3v) is 8.36. The number of imidazole rings is 1. The number of amides is 2. The minimum absolute atomic E-state index is 0.0245. The van der Waals surface area contributed by atoms with Crippen molar-refractivity contribution in [1.82, 2.24) is 9.55 Å². The molecule has 2 aliphatic heterocycles. The largest absolute Gasteiger partial charge is 0.416 e. The Morgan fingerprint density at radius 3 is 2.59 bits per heavy atom. The summed E-state index contributed by atoms with van der Waals surface area (Å²) >= 11 is 0. The first-order valence-corrected chi connectivity index (χ1v) is 13.5.